The molecule has 0 aliphatic heterocycles. The van der Waals surface area contributed by atoms with Gasteiger partial charge in [0.15, 0.2) is 0 Å². The molecule has 2 fully saturated rings. The summed E-state index contributed by atoms with van der Waals surface area (Å²) in [6.45, 7) is 1.22. The molecule has 21 heavy (non-hydrogen) atoms. The van der Waals surface area contributed by atoms with Crippen molar-refractivity contribution < 1.29 is 0 Å². The van der Waals surface area contributed by atoms with Crippen LogP contribution in [-0.4, -0.2) is 12.6 Å². The Hall–Kier alpha value is 0.430. The number of halogens is 2. The first-order valence-electron chi connectivity index (χ1n) is 8.34. The smallest absolute Gasteiger partial charge is 0.0887 e. The Morgan fingerprint density at radius 3 is 2.62 bits per heavy atom. The van der Waals surface area contributed by atoms with Gasteiger partial charge in [-0.1, -0.05) is 30.9 Å². The van der Waals surface area contributed by atoms with Crippen LogP contribution in [0.1, 0.15) is 62.7 Å². The van der Waals surface area contributed by atoms with Gasteiger partial charge in [-0.2, -0.15) is 0 Å². The summed E-state index contributed by atoms with van der Waals surface area (Å²) in [5, 5.41) is 4.59. The summed E-state index contributed by atoms with van der Waals surface area (Å²) in [5.41, 5.74) is 0.586. The van der Waals surface area contributed by atoms with Gasteiger partial charge in [-0.15, -0.1) is 11.3 Å². The van der Waals surface area contributed by atoms with E-state index in [-0.39, 0.29) is 0 Å². The molecule has 1 nitrogen and oxygen atoms in total. The average molecular weight is 391 g/mol. The van der Waals surface area contributed by atoms with Crippen molar-refractivity contribution in [2.24, 2.45) is 5.41 Å². The predicted octanol–water partition coefficient (Wildman–Crippen LogP) is 6.19. The highest BCUT2D eigenvalue weighted by Crippen LogP contribution is 2.44. The molecule has 0 aromatic carbocycles. The highest BCUT2D eigenvalue weighted by molar-refractivity contribution is 9.11. The molecule has 0 spiro atoms. The lowest BCUT2D eigenvalue weighted by atomic mass is 9.69. The van der Waals surface area contributed by atoms with Crippen LogP contribution in [0.15, 0.2) is 9.85 Å². The van der Waals surface area contributed by atoms with Crippen LogP contribution in [0.25, 0.3) is 0 Å². The van der Waals surface area contributed by atoms with Crippen molar-refractivity contribution in [1.29, 1.82) is 0 Å². The van der Waals surface area contributed by atoms with Crippen molar-refractivity contribution in [3.05, 3.63) is 19.8 Å². The molecular weight excluding hydrogens is 366 g/mol. The molecule has 3 rings (SSSR count). The topological polar surface area (TPSA) is 12.0 Å². The van der Waals surface area contributed by atoms with Gasteiger partial charge in [0.1, 0.15) is 0 Å². The van der Waals surface area contributed by atoms with E-state index in [9.17, 15) is 0 Å². The van der Waals surface area contributed by atoms with Gasteiger partial charge in [0.2, 0.25) is 0 Å². The van der Waals surface area contributed by atoms with Crippen LogP contribution in [0.4, 0.5) is 0 Å². The van der Waals surface area contributed by atoms with E-state index in [1.807, 2.05) is 11.3 Å². The molecule has 1 heterocycles. The Labute approximate surface area is 146 Å². The average Bonchev–Trinajstić information content (AvgIpc) is 3.24. The monoisotopic (exact) mass is 389 g/mol. The van der Waals surface area contributed by atoms with Gasteiger partial charge in [-0.05, 0) is 78.9 Å². The highest BCUT2D eigenvalue weighted by atomic mass is 79.9. The number of hydrogen-bond acceptors (Lipinski definition) is 2. The van der Waals surface area contributed by atoms with Crippen molar-refractivity contribution in [2.75, 3.05) is 6.54 Å². The number of nitrogens with one attached hydrogen (secondary N) is 1. The Balaban J connectivity index is 1.55. The lowest BCUT2D eigenvalue weighted by molar-refractivity contribution is 0.157. The normalized spacial score (nSPS) is 21.6. The Morgan fingerprint density at radius 2 is 2.00 bits per heavy atom. The largest absolute Gasteiger partial charge is 0.314 e. The summed E-state index contributed by atoms with van der Waals surface area (Å²) >= 11 is 11.5. The lowest BCUT2D eigenvalue weighted by Gasteiger charge is -2.38. The van der Waals surface area contributed by atoms with Gasteiger partial charge in [0.25, 0.3) is 0 Å². The van der Waals surface area contributed by atoms with Crippen molar-refractivity contribution >= 4 is 38.9 Å². The first kappa shape index (κ1) is 16.3. The second-order valence-electron chi connectivity index (χ2n) is 6.87. The number of rotatable bonds is 7. The Bertz CT molecular complexity index is 444. The van der Waals surface area contributed by atoms with E-state index in [0.29, 0.717) is 5.41 Å². The van der Waals surface area contributed by atoms with Crippen LogP contribution in [0.5, 0.6) is 0 Å². The molecule has 2 saturated carbocycles. The van der Waals surface area contributed by atoms with E-state index in [4.69, 9.17) is 11.6 Å². The maximum Gasteiger partial charge on any atom is 0.0887 e. The summed E-state index contributed by atoms with van der Waals surface area (Å²) in [7, 11) is 0. The van der Waals surface area contributed by atoms with E-state index in [1.165, 1.54) is 75.6 Å². The van der Waals surface area contributed by atoms with Gasteiger partial charge >= 0.3 is 0 Å². The zero-order valence-electron chi connectivity index (χ0n) is 12.6. The van der Waals surface area contributed by atoms with E-state index in [1.54, 1.807) is 0 Å². The molecule has 118 valence electrons. The van der Waals surface area contributed by atoms with Crippen LogP contribution in [0, 0.1) is 5.41 Å². The zero-order valence-corrected chi connectivity index (χ0v) is 15.8. The van der Waals surface area contributed by atoms with Crippen molar-refractivity contribution in [2.45, 2.75) is 70.3 Å². The lowest BCUT2D eigenvalue weighted by Crippen LogP contribution is -2.30. The minimum absolute atomic E-state index is 0.586. The molecule has 1 aromatic heterocycles. The van der Waals surface area contributed by atoms with Gasteiger partial charge in [0, 0.05) is 10.9 Å². The standard InChI is InChI=1S/C17H25BrClNS/c18-16-15(19)12-14(21-16)6-9-17(7-2-1-3-8-17)10-11-20-13-4-5-13/h12-13,20H,1-11H2. The third-order valence-corrected chi connectivity index (χ3v) is 7.71. The van der Waals surface area contributed by atoms with Crippen molar-refractivity contribution in [3.63, 3.8) is 0 Å². The fourth-order valence-corrected chi connectivity index (χ4v) is 5.48. The molecule has 0 unspecified atom stereocenters. The maximum atomic E-state index is 6.16. The quantitative estimate of drug-likeness (QED) is 0.585. The van der Waals surface area contributed by atoms with Crippen LogP contribution in [-0.2, 0) is 6.42 Å². The van der Waals surface area contributed by atoms with E-state index in [2.05, 4.69) is 27.3 Å². The summed E-state index contributed by atoms with van der Waals surface area (Å²) in [5.74, 6) is 0. The fraction of sp³-hybridized carbons (Fsp3) is 0.765. The number of thiophene rings is 1. The zero-order chi connectivity index (χ0) is 14.7. The SMILES string of the molecule is Clc1cc(CCC2(CCNC3CC3)CCCCC2)sc1Br. The summed E-state index contributed by atoms with van der Waals surface area (Å²) < 4.78 is 1.09. The van der Waals surface area contributed by atoms with Crippen LogP contribution < -0.4 is 5.32 Å². The Morgan fingerprint density at radius 1 is 1.24 bits per heavy atom. The molecule has 0 radical (unpaired) electrons. The second kappa shape index (κ2) is 7.33. The molecular formula is C17H25BrClNS. The summed E-state index contributed by atoms with van der Waals surface area (Å²) in [6, 6.07) is 2.99. The van der Waals surface area contributed by atoms with Gasteiger partial charge < -0.3 is 5.32 Å². The minimum Gasteiger partial charge on any atom is -0.314 e. The fourth-order valence-electron chi connectivity index (χ4n) is 3.66. The van der Waals surface area contributed by atoms with Crippen LogP contribution in [0.2, 0.25) is 5.02 Å². The van der Waals surface area contributed by atoms with Gasteiger partial charge in [0.05, 0.1) is 8.81 Å². The second-order valence-corrected chi connectivity index (χ2v) is 9.74. The molecule has 0 amide bonds. The minimum atomic E-state index is 0.586. The third-order valence-electron chi connectivity index (χ3n) is 5.18. The molecule has 4 heteroatoms. The Kier molecular flexibility index (Phi) is 5.69. The number of hydrogen-bond donors (Lipinski definition) is 1. The third kappa shape index (κ3) is 4.70. The predicted molar refractivity (Wildman–Crippen MR) is 96.5 cm³/mol. The summed E-state index contributed by atoms with van der Waals surface area (Å²) in [4.78, 5) is 1.44. The molecule has 1 aromatic rings. The van der Waals surface area contributed by atoms with Crippen LogP contribution >= 0.6 is 38.9 Å². The molecule has 2 aliphatic carbocycles. The molecule has 1 N–H and O–H groups in total. The van der Waals surface area contributed by atoms with Crippen LogP contribution in [0.3, 0.4) is 0 Å². The first-order valence-corrected chi connectivity index (χ1v) is 10.3. The van der Waals surface area contributed by atoms with Crippen molar-refractivity contribution in [1.82, 2.24) is 5.32 Å². The van der Waals surface area contributed by atoms with E-state index in [0.717, 1.165) is 14.9 Å². The summed E-state index contributed by atoms with van der Waals surface area (Å²) in [6.07, 6.45) is 13.8. The van der Waals surface area contributed by atoms with E-state index >= 15 is 0 Å². The van der Waals surface area contributed by atoms with Crippen molar-refractivity contribution in [3.8, 4) is 0 Å². The molecule has 2 aliphatic rings. The maximum absolute atomic E-state index is 6.16. The molecule has 0 atom stereocenters. The van der Waals surface area contributed by atoms with E-state index < -0.39 is 0 Å². The molecule has 0 saturated heterocycles. The molecule has 0 bridgehead atoms. The number of aryl methyl sites for hydroxylation is 1. The first-order chi connectivity index (χ1) is 10.2. The van der Waals surface area contributed by atoms with Gasteiger partial charge in [-0.3, -0.25) is 0 Å². The highest BCUT2D eigenvalue weighted by Gasteiger charge is 2.32. The van der Waals surface area contributed by atoms with Gasteiger partial charge in [-0.25, -0.2) is 0 Å².